The number of benzene rings is 1. The molecule has 0 aromatic heterocycles. The van der Waals surface area contributed by atoms with Crippen molar-refractivity contribution >= 4 is 11.6 Å². The van der Waals surface area contributed by atoms with Gasteiger partial charge in [0.1, 0.15) is 5.54 Å². The normalized spacial score (nSPS) is 22.7. The van der Waals surface area contributed by atoms with E-state index in [1.807, 2.05) is 45.0 Å². The molecule has 116 valence electrons. The molecule has 4 nitrogen and oxygen atoms in total. The fourth-order valence-corrected chi connectivity index (χ4v) is 2.68. The summed E-state index contributed by atoms with van der Waals surface area (Å²) in [7, 11) is 0. The number of anilines is 1. The third kappa shape index (κ3) is 4.21. The van der Waals surface area contributed by atoms with E-state index in [1.54, 1.807) is 0 Å². The van der Waals surface area contributed by atoms with Crippen LogP contribution in [-0.4, -0.2) is 28.7 Å². The van der Waals surface area contributed by atoms with Gasteiger partial charge < -0.3 is 15.7 Å². The molecule has 0 unspecified atom stereocenters. The summed E-state index contributed by atoms with van der Waals surface area (Å²) in [5, 5.41) is 16.2. The monoisotopic (exact) mass is 290 g/mol. The predicted molar refractivity (Wildman–Crippen MR) is 85.3 cm³/mol. The quantitative estimate of drug-likeness (QED) is 0.799. The fraction of sp³-hybridized carbons (Fsp3) is 0.588. The van der Waals surface area contributed by atoms with Crippen LogP contribution in [0.4, 0.5) is 5.69 Å². The number of amides is 1. The van der Waals surface area contributed by atoms with Gasteiger partial charge in [0.25, 0.3) is 0 Å². The number of carbonyl (C=O) groups excluding carboxylic acids is 1. The Kier molecular flexibility index (Phi) is 4.88. The zero-order valence-electron chi connectivity index (χ0n) is 13.1. The SMILES string of the molecule is Cc1ccc(NC(C)(C)C(=O)N[C@@H]2CCCC[C@H]2O)cc1. The first-order chi connectivity index (χ1) is 9.88. The Morgan fingerprint density at radius 1 is 1.19 bits per heavy atom. The van der Waals surface area contributed by atoms with Crippen LogP contribution in [-0.2, 0) is 4.79 Å². The van der Waals surface area contributed by atoms with Crippen LogP contribution in [0, 0.1) is 6.92 Å². The van der Waals surface area contributed by atoms with Gasteiger partial charge in [-0.3, -0.25) is 4.79 Å². The first-order valence-corrected chi connectivity index (χ1v) is 7.72. The minimum absolute atomic E-state index is 0.0750. The summed E-state index contributed by atoms with van der Waals surface area (Å²) < 4.78 is 0. The molecular formula is C17H26N2O2. The maximum atomic E-state index is 12.5. The molecule has 1 amide bonds. The Bertz CT molecular complexity index is 482. The van der Waals surface area contributed by atoms with Crippen LogP contribution >= 0.6 is 0 Å². The Hall–Kier alpha value is -1.55. The third-order valence-corrected chi connectivity index (χ3v) is 4.12. The van der Waals surface area contributed by atoms with Gasteiger partial charge in [0, 0.05) is 5.69 Å². The molecule has 1 aliphatic rings. The molecule has 1 aromatic rings. The molecule has 0 saturated heterocycles. The van der Waals surface area contributed by atoms with Crippen LogP contribution in [0.25, 0.3) is 0 Å². The number of aliphatic hydroxyl groups excluding tert-OH is 1. The number of carbonyl (C=O) groups is 1. The van der Waals surface area contributed by atoms with Gasteiger partial charge in [-0.05, 0) is 45.7 Å². The zero-order chi connectivity index (χ0) is 15.5. The second-order valence-corrected chi connectivity index (χ2v) is 6.55. The fourth-order valence-electron chi connectivity index (χ4n) is 2.68. The van der Waals surface area contributed by atoms with Crippen molar-refractivity contribution in [1.82, 2.24) is 5.32 Å². The van der Waals surface area contributed by atoms with Crippen molar-refractivity contribution in [2.45, 2.75) is 64.1 Å². The molecule has 0 spiro atoms. The van der Waals surface area contributed by atoms with Gasteiger partial charge in [-0.25, -0.2) is 0 Å². The van der Waals surface area contributed by atoms with E-state index >= 15 is 0 Å². The molecule has 1 aromatic carbocycles. The van der Waals surface area contributed by atoms with Gasteiger partial charge in [-0.2, -0.15) is 0 Å². The molecule has 21 heavy (non-hydrogen) atoms. The van der Waals surface area contributed by atoms with Crippen molar-refractivity contribution in [3.05, 3.63) is 29.8 Å². The summed E-state index contributed by atoms with van der Waals surface area (Å²) in [5.41, 5.74) is 1.39. The van der Waals surface area contributed by atoms with Gasteiger partial charge >= 0.3 is 0 Å². The summed E-state index contributed by atoms with van der Waals surface area (Å²) in [4.78, 5) is 12.5. The van der Waals surface area contributed by atoms with Gasteiger partial charge in [0.05, 0.1) is 12.1 Å². The summed E-state index contributed by atoms with van der Waals surface area (Å²) in [5.74, 6) is -0.0750. The first-order valence-electron chi connectivity index (χ1n) is 7.72. The Morgan fingerprint density at radius 3 is 2.43 bits per heavy atom. The molecule has 0 radical (unpaired) electrons. The van der Waals surface area contributed by atoms with Crippen molar-refractivity contribution in [2.24, 2.45) is 0 Å². The molecule has 1 saturated carbocycles. The summed E-state index contributed by atoms with van der Waals surface area (Å²) in [6, 6.07) is 7.85. The second-order valence-electron chi connectivity index (χ2n) is 6.55. The number of hydrogen-bond acceptors (Lipinski definition) is 3. The maximum absolute atomic E-state index is 12.5. The van der Waals surface area contributed by atoms with Gasteiger partial charge in [0.2, 0.25) is 5.91 Å². The lowest BCUT2D eigenvalue weighted by molar-refractivity contribution is -0.126. The van der Waals surface area contributed by atoms with E-state index in [1.165, 1.54) is 5.56 Å². The molecule has 2 rings (SSSR count). The molecule has 4 heteroatoms. The predicted octanol–water partition coefficient (Wildman–Crippen LogP) is 2.61. The maximum Gasteiger partial charge on any atom is 0.245 e. The lowest BCUT2D eigenvalue weighted by Crippen LogP contribution is -2.54. The van der Waals surface area contributed by atoms with Crippen LogP contribution in [0.2, 0.25) is 0 Å². The van der Waals surface area contributed by atoms with Crippen molar-refractivity contribution in [3.63, 3.8) is 0 Å². The molecule has 0 heterocycles. The van der Waals surface area contributed by atoms with Crippen molar-refractivity contribution in [3.8, 4) is 0 Å². The van der Waals surface area contributed by atoms with Crippen molar-refractivity contribution < 1.29 is 9.90 Å². The van der Waals surface area contributed by atoms with E-state index in [9.17, 15) is 9.90 Å². The molecule has 0 bridgehead atoms. The minimum Gasteiger partial charge on any atom is -0.391 e. The molecule has 2 atom stereocenters. The standard InChI is InChI=1S/C17H26N2O2/c1-12-8-10-13(11-9-12)19-17(2,3)16(21)18-14-6-4-5-7-15(14)20/h8-11,14-15,19-20H,4-7H2,1-3H3,(H,18,21)/t14-,15-/m1/s1. The lowest BCUT2D eigenvalue weighted by Gasteiger charge is -2.33. The van der Waals surface area contributed by atoms with E-state index in [4.69, 9.17) is 0 Å². The molecule has 1 fully saturated rings. The van der Waals surface area contributed by atoms with Gasteiger partial charge in [-0.15, -0.1) is 0 Å². The third-order valence-electron chi connectivity index (χ3n) is 4.12. The van der Waals surface area contributed by atoms with E-state index in [0.29, 0.717) is 0 Å². The van der Waals surface area contributed by atoms with Crippen LogP contribution in [0.1, 0.15) is 45.1 Å². The Morgan fingerprint density at radius 2 is 1.81 bits per heavy atom. The van der Waals surface area contributed by atoms with E-state index < -0.39 is 11.6 Å². The van der Waals surface area contributed by atoms with Crippen LogP contribution in [0.5, 0.6) is 0 Å². The van der Waals surface area contributed by atoms with Gasteiger partial charge in [-0.1, -0.05) is 30.5 Å². The number of aryl methyl sites for hydroxylation is 1. The van der Waals surface area contributed by atoms with E-state index in [-0.39, 0.29) is 11.9 Å². The number of nitrogens with one attached hydrogen (secondary N) is 2. The second kappa shape index (κ2) is 6.48. The average molecular weight is 290 g/mol. The van der Waals surface area contributed by atoms with Crippen LogP contribution in [0.3, 0.4) is 0 Å². The molecular weight excluding hydrogens is 264 g/mol. The van der Waals surface area contributed by atoms with Crippen molar-refractivity contribution in [2.75, 3.05) is 5.32 Å². The molecule has 3 N–H and O–H groups in total. The zero-order valence-corrected chi connectivity index (χ0v) is 13.1. The highest BCUT2D eigenvalue weighted by molar-refractivity contribution is 5.88. The van der Waals surface area contributed by atoms with E-state index in [2.05, 4.69) is 10.6 Å². The molecule has 1 aliphatic carbocycles. The lowest BCUT2D eigenvalue weighted by atomic mass is 9.91. The van der Waals surface area contributed by atoms with Gasteiger partial charge in [0.15, 0.2) is 0 Å². The Balaban J connectivity index is 1.97. The summed E-state index contributed by atoms with van der Waals surface area (Å²) in [6.45, 7) is 5.75. The van der Waals surface area contributed by atoms with Crippen LogP contribution < -0.4 is 10.6 Å². The number of aliphatic hydroxyl groups is 1. The summed E-state index contributed by atoms with van der Waals surface area (Å²) in [6.07, 6.45) is 3.31. The first kappa shape index (κ1) is 15.8. The topological polar surface area (TPSA) is 61.4 Å². The Labute approximate surface area is 126 Å². The highest BCUT2D eigenvalue weighted by atomic mass is 16.3. The highest BCUT2D eigenvalue weighted by Crippen LogP contribution is 2.20. The number of rotatable bonds is 4. The summed E-state index contributed by atoms with van der Waals surface area (Å²) >= 11 is 0. The minimum atomic E-state index is -0.716. The molecule has 0 aliphatic heterocycles. The number of hydrogen-bond donors (Lipinski definition) is 3. The smallest absolute Gasteiger partial charge is 0.245 e. The van der Waals surface area contributed by atoms with E-state index in [0.717, 1.165) is 31.4 Å². The highest BCUT2D eigenvalue weighted by Gasteiger charge is 2.32. The van der Waals surface area contributed by atoms with Crippen LogP contribution in [0.15, 0.2) is 24.3 Å². The average Bonchev–Trinajstić information content (AvgIpc) is 2.43. The largest absolute Gasteiger partial charge is 0.391 e. The van der Waals surface area contributed by atoms with Crippen molar-refractivity contribution in [1.29, 1.82) is 0 Å².